The molecule has 2 aliphatic heterocycles. The Labute approximate surface area is 157 Å². The first kappa shape index (κ1) is 17.2. The normalized spacial score (nSPS) is 18.4. The third-order valence-corrected chi connectivity index (χ3v) is 5.21. The van der Waals surface area contributed by atoms with Gasteiger partial charge in [0.2, 0.25) is 0 Å². The maximum Gasteiger partial charge on any atom is 0.262 e. The van der Waals surface area contributed by atoms with Crippen molar-refractivity contribution in [2.45, 2.75) is 6.54 Å². The summed E-state index contributed by atoms with van der Waals surface area (Å²) < 4.78 is 0. The molecule has 134 valence electrons. The molecule has 0 N–H and O–H groups in total. The number of rotatable bonds is 4. The molecule has 0 aliphatic carbocycles. The summed E-state index contributed by atoms with van der Waals surface area (Å²) in [5, 5.41) is 0.756. The van der Waals surface area contributed by atoms with Crippen molar-refractivity contribution in [2.24, 2.45) is 0 Å². The summed E-state index contributed by atoms with van der Waals surface area (Å²) in [4.78, 5) is 30.8. The highest BCUT2D eigenvalue weighted by Crippen LogP contribution is 2.23. The molecule has 2 aromatic carbocycles. The predicted octanol–water partition coefficient (Wildman–Crippen LogP) is 2.71. The van der Waals surface area contributed by atoms with Crippen molar-refractivity contribution >= 4 is 23.4 Å². The Balaban J connectivity index is 1.33. The van der Waals surface area contributed by atoms with Crippen LogP contribution in [0.5, 0.6) is 0 Å². The van der Waals surface area contributed by atoms with Gasteiger partial charge in [-0.15, -0.1) is 0 Å². The summed E-state index contributed by atoms with van der Waals surface area (Å²) in [6.45, 7) is 4.67. The molecule has 4 rings (SSSR count). The third-order valence-electron chi connectivity index (χ3n) is 4.98. The molecule has 2 aliphatic rings. The number of carbonyl (C=O) groups excluding carboxylic acids is 2. The minimum Gasteiger partial charge on any atom is -0.297 e. The molecule has 1 saturated heterocycles. The van der Waals surface area contributed by atoms with Gasteiger partial charge in [-0.1, -0.05) is 35.9 Å². The number of piperazine rings is 1. The molecule has 2 heterocycles. The summed E-state index contributed by atoms with van der Waals surface area (Å²) in [6.07, 6.45) is 0. The molecule has 0 atom stereocenters. The molecule has 0 radical (unpaired) electrons. The number of hydrogen-bond acceptors (Lipinski definition) is 4. The Bertz CT molecular complexity index is 811. The molecule has 0 bridgehead atoms. The molecule has 0 spiro atoms. The van der Waals surface area contributed by atoms with E-state index in [4.69, 9.17) is 11.6 Å². The van der Waals surface area contributed by atoms with Gasteiger partial charge in [0.05, 0.1) is 17.8 Å². The van der Waals surface area contributed by atoms with E-state index >= 15 is 0 Å². The van der Waals surface area contributed by atoms with Crippen molar-refractivity contribution in [3.63, 3.8) is 0 Å². The van der Waals surface area contributed by atoms with Crippen LogP contribution in [-0.2, 0) is 6.54 Å². The molecule has 1 fully saturated rings. The first-order valence-corrected chi connectivity index (χ1v) is 9.14. The standard InChI is InChI=1S/C20H20ClN3O2/c21-16-5-3-4-15(12-16)13-22-8-10-23(11-9-22)14-24-19(25)17-6-1-2-7-18(17)20(24)26/h1-7,12H,8-11,13-14H2. The van der Waals surface area contributed by atoms with Gasteiger partial charge in [-0.2, -0.15) is 0 Å². The molecule has 6 heteroatoms. The lowest BCUT2D eigenvalue weighted by atomic mass is 10.1. The van der Waals surface area contributed by atoms with Gasteiger partial charge in [0, 0.05) is 37.7 Å². The number of nitrogens with zero attached hydrogens (tertiary/aromatic N) is 3. The molecule has 2 amide bonds. The van der Waals surface area contributed by atoms with Crippen LogP contribution in [0.25, 0.3) is 0 Å². The summed E-state index contributed by atoms with van der Waals surface area (Å²) in [7, 11) is 0. The van der Waals surface area contributed by atoms with E-state index in [0.717, 1.165) is 37.7 Å². The second-order valence-electron chi connectivity index (χ2n) is 6.75. The number of benzene rings is 2. The van der Waals surface area contributed by atoms with Crippen molar-refractivity contribution in [3.05, 3.63) is 70.2 Å². The zero-order valence-corrected chi connectivity index (χ0v) is 15.2. The van der Waals surface area contributed by atoms with E-state index in [2.05, 4.69) is 15.9 Å². The second-order valence-corrected chi connectivity index (χ2v) is 7.19. The highest BCUT2D eigenvalue weighted by molar-refractivity contribution is 6.30. The van der Waals surface area contributed by atoms with Crippen LogP contribution in [0.4, 0.5) is 0 Å². The molecule has 0 saturated carbocycles. The van der Waals surface area contributed by atoms with Gasteiger partial charge >= 0.3 is 0 Å². The van der Waals surface area contributed by atoms with Gasteiger partial charge in [0.15, 0.2) is 0 Å². The van der Waals surface area contributed by atoms with Crippen LogP contribution in [0.15, 0.2) is 48.5 Å². The summed E-state index contributed by atoms with van der Waals surface area (Å²) in [6, 6.07) is 15.0. The molecule has 0 aromatic heterocycles. The van der Waals surface area contributed by atoms with Crippen molar-refractivity contribution in [2.75, 3.05) is 32.8 Å². The average molecular weight is 370 g/mol. The van der Waals surface area contributed by atoms with Gasteiger partial charge in [-0.25, -0.2) is 0 Å². The Morgan fingerprint density at radius 3 is 2.04 bits per heavy atom. The van der Waals surface area contributed by atoms with Crippen LogP contribution in [-0.4, -0.2) is 59.4 Å². The minimum absolute atomic E-state index is 0.188. The van der Waals surface area contributed by atoms with Crippen LogP contribution in [0.1, 0.15) is 26.3 Å². The number of carbonyl (C=O) groups is 2. The SMILES string of the molecule is O=C1c2ccccc2C(=O)N1CN1CCN(Cc2cccc(Cl)c2)CC1. The lowest BCUT2D eigenvalue weighted by Gasteiger charge is -2.36. The van der Waals surface area contributed by atoms with Crippen LogP contribution in [0.3, 0.4) is 0 Å². The van der Waals surface area contributed by atoms with Crippen molar-refractivity contribution in [3.8, 4) is 0 Å². The van der Waals surface area contributed by atoms with Gasteiger partial charge in [0.1, 0.15) is 0 Å². The molecule has 0 unspecified atom stereocenters. The first-order chi connectivity index (χ1) is 12.6. The number of halogens is 1. The lowest BCUT2D eigenvalue weighted by molar-refractivity contribution is 0.0447. The van der Waals surface area contributed by atoms with E-state index in [1.54, 1.807) is 24.3 Å². The Hall–Kier alpha value is -2.21. The van der Waals surface area contributed by atoms with Gasteiger partial charge < -0.3 is 0 Å². The predicted molar refractivity (Wildman–Crippen MR) is 100 cm³/mol. The monoisotopic (exact) mass is 369 g/mol. The van der Waals surface area contributed by atoms with Gasteiger partial charge in [0.25, 0.3) is 11.8 Å². The second kappa shape index (κ2) is 7.19. The van der Waals surface area contributed by atoms with Crippen molar-refractivity contribution in [1.29, 1.82) is 0 Å². The maximum atomic E-state index is 12.5. The lowest BCUT2D eigenvalue weighted by Crippen LogP contribution is -2.50. The van der Waals surface area contributed by atoms with E-state index in [-0.39, 0.29) is 11.8 Å². The molecular weight excluding hydrogens is 350 g/mol. The third kappa shape index (κ3) is 3.38. The van der Waals surface area contributed by atoms with Crippen LogP contribution >= 0.6 is 11.6 Å². The van der Waals surface area contributed by atoms with Crippen LogP contribution in [0.2, 0.25) is 5.02 Å². The fraction of sp³-hybridized carbons (Fsp3) is 0.300. The fourth-order valence-corrected chi connectivity index (χ4v) is 3.76. The maximum absolute atomic E-state index is 12.5. The number of amides is 2. The highest BCUT2D eigenvalue weighted by Gasteiger charge is 2.36. The van der Waals surface area contributed by atoms with Crippen molar-refractivity contribution < 1.29 is 9.59 Å². The van der Waals surface area contributed by atoms with E-state index in [0.29, 0.717) is 17.8 Å². The molecular formula is C20H20ClN3O2. The number of hydrogen-bond donors (Lipinski definition) is 0. The largest absolute Gasteiger partial charge is 0.297 e. The fourth-order valence-electron chi connectivity index (χ4n) is 3.55. The van der Waals surface area contributed by atoms with E-state index in [9.17, 15) is 9.59 Å². The van der Waals surface area contributed by atoms with Crippen LogP contribution in [0, 0.1) is 0 Å². The highest BCUT2D eigenvalue weighted by atomic mass is 35.5. The Kier molecular flexibility index (Phi) is 4.76. The zero-order valence-electron chi connectivity index (χ0n) is 14.4. The summed E-state index contributed by atoms with van der Waals surface area (Å²) in [5.74, 6) is -0.376. The number of imide groups is 1. The van der Waals surface area contributed by atoms with Crippen LogP contribution < -0.4 is 0 Å². The first-order valence-electron chi connectivity index (χ1n) is 8.76. The quantitative estimate of drug-likeness (QED) is 0.777. The van der Waals surface area contributed by atoms with Gasteiger partial charge in [-0.05, 0) is 29.8 Å². The molecule has 5 nitrogen and oxygen atoms in total. The molecule has 26 heavy (non-hydrogen) atoms. The van der Waals surface area contributed by atoms with E-state index < -0.39 is 0 Å². The summed E-state index contributed by atoms with van der Waals surface area (Å²) >= 11 is 6.05. The topological polar surface area (TPSA) is 43.9 Å². The van der Waals surface area contributed by atoms with Gasteiger partial charge in [-0.3, -0.25) is 24.3 Å². The number of fused-ring (bicyclic) bond motifs is 1. The molecule has 2 aromatic rings. The van der Waals surface area contributed by atoms with E-state index in [1.165, 1.54) is 10.5 Å². The van der Waals surface area contributed by atoms with E-state index in [1.807, 2.05) is 18.2 Å². The minimum atomic E-state index is -0.188. The summed E-state index contributed by atoms with van der Waals surface area (Å²) in [5.41, 5.74) is 2.22. The smallest absolute Gasteiger partial charge is 0.262 e. The Morgan fingerprint density at radius 2 is 1.42 bits per heavy atom. The zero-order chi connectivity index (χ0) is 18.1. The average Bonchev–Trinajstić information content (AvgIpc) is 2.89. The Morgan fingerprint density at radius 1 is 0.808 bits per heavy atom. The van der Waals surface area contributed by atoms with Crippen molar-refractivity contribution in [1.82, 2.24) is 14.7 Å².